The first kappa shape index (κ1) is 12.1. The number of hydrogen-bond acceptors (Lipinski definition) is 4. The van der Waals surface area contributed by atoms with E-state index in [1.807, 2.05) is 35.7 Å². The molecule has 3 N–H and O–H groups in total. The minimum absolute atomic E-state index is 0.256. The average molecular weight is 249 g/mol. The Morgan fingerprint density at radius 1 is 1.24 bits per heavy atom. The third-order valence-electron chi connectivity index (χ3n) is 2.46. The first-order chi connectivity index (χ1) is 8.27. The number of nitrogens with two attached hydrogens (primary N) is 1. The Balaban J connectivity index is 1.85. The molecule has 3 nitrogen and oxygen atoms in total. The van der Waals surface area contributed by atoms with Gasteiger partial charge in [0.25, 0.3) is 0 Å². The van der Waals surface area contributed by atoms with Crippen LogP contribution in [0.3, 0.4) is 0 Å². The number of benzene rings is 1. The van der Waals surface area contributed by atoms with Crippen molar-refractivity contribution in [3.05, 3.63) is 52.2 Å². The van der Waals surface area contributed by atoms with Gasteiger partial charge in [0.05, 0.1) is 13.2 Å². The predicted octanol–water partition coefficient (Wildman–Crippen LogP) is 2.58. The van der Waals surface area contributed by atoms with E-state index in [0.717, 1.165) is 10.4 Å². The highest BCUT2D eigenvalue weighted by molar-refractivity contribution is 7.09. The van der Waals surface area contributed by atoms with Gasteiger partial charge in [-0.2, -0.15) is 0 Å². The third-order valence-corrected chi connectivity index (χ3v) is 3.31. The lowest BCUT2D eigenvalue weighted by atomic mass is 10.1. The van der Waals surface area contributed by atoms with E-state index >= 15 is 0 Å². The molecule has 0 aliphatic heterocycles. The molecule has 0 fully saturated rings. The van der Waals surface area contributed by atoms with Gasteiger partial charge in [0.15, 0.2) is 0 Å². The summed E-state index contributed by atoms with van der Waals surface area (Å²) < 4.78 is 5.45. The average Bonchev–Trinajstić information content (AvgIpc) is 2.82. The van der Waals surface area contributed by atoms with Gasteiger partial charge in [-0.1, -0.05) is 24.3 Å². The number of rotatable bonds is 5. The molecule has 1 unspecified atom stereocenters. The fourth-order valence-electron chi connectivity index (χ4n) is 1.57. The summed E-state index contributed by atoms with van der Waals surface area (Å²) in [6, 6.07) is 11.3. The Hall–Kier alpha value is -1.36. The first-order valence-corrected chi connectivity index (χ1v) is 6.28. The molecule has 1 aromatic carbocycles. The standard InChI is InChI=1S/C13H15NO2S/c14-12-6-2-1-5-11(12)13(15)9-16-8-10-4-3-7-17-10/h1-7,13,15H,8-9,14H2. The Kier molecular flexibility index (Phi) is 4.14. The van der Waals surface area contributed by atoms with E-state index in [0.29, 0.717) is 12.3 Å². The second kappa shape index (κ2) is 5.82. The van der Waals surface area contributed by atoms with Crippen molar-refractivity contribution in [1.82, 2.24) is 0 Å². The summed E-state index contributed by atoms with van der Waals surface area (Å²) in [7, 11) is 0. The van der Waals surface area contributed by atoms with E-state index in [4.69, 9.17) is 10.5 Å². The number of anilines is 1. The van der Waals surface area contributed by atoms with E-state index in [-0.39, 0.29) is 6.61 Å². The molecule has 1 atom stereocenters. The van der Waals surface area contributed by atoms with Crippen LogP contribution in [0.1, 0.15) is 16.5 Å². The van der Waals surface area contributed by atoms with Gasteiger partial charge >= 0.3 is 0 Å². The summed E-state index contributed by atoms with van der Waals surface area (Å²) in [4.78, 5) is 1.15. The summed E-state index contributed by atoms with van der Waals surface area (Å²) in [5, 5.41) is 11.9. The monoisotopic (exact) mass is 249 g/mol. The Morgan fingerprint density at radius 2 is 2.06 bits per heavy atom. The lowest BCUT2D eigenvalue weighted by Gasteiger charge is -2.13. The Labute approximate surface area is 104 Å². The van der Waals surface area contributed by atoms with E-state index in [9.17, 15) is 5.11 Å². The quantitative estimate of drug-likeness (QED) is 0.801. The molecule has 1 heterocycles. The van der Waals surface area contributed by atoms with Gasteiger partial charge in [-0.3, -0.25) is 0 Å². The lowest BCUT2D eigenvalue weighted by Crippen LogP contribution is -2.09. The number of para-hydroxylation sites is 1. The topological polar surface area (TPSA) is 55.5 Å². The third kappa shape index (κ3) is 3.30. The molecule has 0 radical (unpaired) electrons. The molecule has 2 aromatic rings. The summed E-state index contributed by atoms with van der Waals surface area (Å²) in [6.07, 6.45) is -0.670. The zero-order chi connectivity index (χ0) is 12.1. The van der Waals surface area contributed by atoms with Crippen molar-refractivity contribution in [2.45, 2.75) is 12.7 Å². The first-order valence-electron chi connectivity index (χ1n) is 5.40. The number of nitrogen functional groups attached to an aromatic ring is 1. The maximum atomic E-state index is 9.93. The Morgan fingerprint density at radius 3 is 2.76 bits per heavy atom. The highest BCUT2D eigenvalue weighted by Gasteiger charge is 2.10. The van der Waals surface area contributed by atoms with Crippen molar-refractivity contribution in [2.24, 2.45) is 0 Å². The van der Waals surface area contributed by atoms with E-state index in [1.165, 1.54) is 0 Å². The van der Waals surface area contributed by atoms with Crippen LogP contribution in [0.4, 0.5) is 5.69 Å². The van der Waals surface area contributed by atoms with Crippen LogP contribution in [0, 0.1) is 0 Å². The molecule has 0 aliphatic rings. The van der Waals surface area contributed by atoms with Gasteiger partial charge in [0.1, 0.15) is 6.10 Å². The fraction of sp³-hybridized carbons (Fsp3) is 0.231. The maximum Gasteiger partial charge on any atom is 0.104 e. The van der Waals surface area contributed by atoms with Crippen LogP contribution in [-0.2, 0) is 11.3 Å². The van der Waals surface area contributed by atoms with Crippen molar-refractivity contribution in [1.29, 1.82) is 0 Å². The molecule has 0 amide bonds. The molecule has 0 aliphatic carbocycles. The second-order valence-electron chi connectivity index (χ2n) is 3.74. The molecule has 1 aromatic heterocycles. The van der Waals surface area contributed by atoms with E-state index in [1.54, 1.807) is 17.4 Å². The van der Waals surface area contributed by atoms with Crippen LogP contribution in [-0.4, -0.2) is 11.7 Å². The van der Waals surface area contributed by atoms with Crippen LogP contribution in [0.25, 0.3) is 0 Å². The van der Waals surface area contributed by atoms with Gasteiger partial charge in [0, 0.05) is 16.1 Å². The fourth-order valence-corrected chi connectivity index (χ4v) is 2.21. The van der Waals surface area contributed by atoms with Crippen LogP contribution in [0.15, 0.2) is 41.8 Å². The molecule has 0 saturated heterocycles. The molecule has 90 valence electrons. The van der Waals surface area contributed by atoms with Crippen molar-refractivity contribution >= 4 is 17.0 Å². The highest BCUT2D eigenvalue weighted by Crippen LogP contribution is 2.20. The summed E-state index contributed by atoms with van der Waals surface area (Å²) in [5.74, 6) is 0. The molecular formula is C13H15NO2S. The van der Waals surface area contributed by atoms with Crippen LogP contribution in [0.2, 0.25) is 0 Å². The zero-order valence-corrected chi connectivity index (χ0v) is 10.2. The van der Waals surface area contributed by atoms with Crippen LogP contribution >= 0.6 is 11.3 Å². The van der Waals surface area contributed by atoms with E-state index < -0.39 is 6.10 Å². The molecule has 2 rings (SSSR count). The van der Waals surface area contributed by atoms with Gasteiger partial charge in [-0.05, 0) is 17.5 Å². The van der Waals surface area contributed by atoms with Crippen molar-refractivity contribution in [3.63, 3.8) is 0 Å². The summed E-state index contributed by atoms with van der Waals surface area (Å²) in [5.41, 5.74) is 7.09. The maximum absolute atomic E-state index is 9.93. The zero-order valence-electron chi connectivity index (χ0n) is 9.37. The summed E-state index contributed by atoms with van der Waals surface area (Å²) in [6.45, 7) is 0.785. The van der Waals surface area contributed by atoms with Gasteiger partial charge in [-0.25, -0.2) is 0 Å². The second-order valence-corrected chi connectivity index (χ2v) is 4.77. The number of hydrogen-bond donors (Lipinski definition) is 2. The van der Waals surface area contributed by atoms with Crippen molar-refractivity contribution in [3.8, 4) is 0 Å². The van der Waals surface area contributed by atoms with Gasteiger partial charge < -0.3 is 15.6 Å². The minimum atomic E-state index is -0.670. The number of aliphatic hydroxyl groups is 1. The summed E-state index contributed by atoms with van der Waals surface area (Å²) >= 11 is 1.64. The normalized spacial score (nSPS) is 12.5. The van der Waals surface area contributed by atoms with Gasteiger partial charge in [-0.15, -0.1) is 11.3 Å². The molecule has 17 heavy (non-hydrogen) atoms. The smallest absolute Gasteiger partial charge is 0.104 e. The van der Waals surface area contributed by atoms with Crippen molar-refractivity contribution < 1.29 is 9.84 Å². The number of thiophene rings is 1. The van der Waals surface area contributed by atoms with Crippen molar-refractivity contribution in [2.75, 3.05) is 12.3 Å². The van der Waals surface area contributed by atoms with E-state index in [2.05, 4.69) is 0 Å². The number of aliphatic hydroxyl groups excluding tert-OH is 1. The van der Waals surface area contributed by atoms with Gasteiger partial charge in [0.2, 0.25) is 0 Å². The Bertz CT molecular complexity index is 456. The molecule has 0 saturated carbocycles. The molecular weight excluding hydrogens is 234 g/mol. The number of ether oxygens (including phenoxy) is 1. The highest BCUT2D eigenvalue weighted by atomic mass is 32.1. The molecule has 0 spiro atoms. The van der Waals surface area contributed by atoms with Crippen LogP contribution in [0.5, 0.6) is 0 Å². The largest absolute Gasteiger partial charge is 0.398 e. The molecule has 0 bridgehead atoms. The van der Waals surface area contributed by atoms with Crippen LogP contribution < -0.4 is 5.73 Å². The molecule has 4 heteroatoms. The minimum Gasteiger partial charge on any atom is -0.398 e. The lowest BCUT2D eigenvalue weighted by molar-refractivity contribution is 0.0291. The predicted molar refractivity (Wildman–Crippen MR) is 69.8 cm³/mol. The SMILES string of the molecule is Nc1ccccc1C(O)COCc1cccs1.